The van der Waals surface area contributed by atoms with Crippen molar-refractivity contribution in [3.8, 4) is 0 Å². The first-order valence-electron chi connectivity index (χ1n) is 11.4. The molecule has 0 unspecified atom stereocenters. The highest BCUT2D eigenvalue weighted by Gasteiger charge is 2.14. The molecule has 0 heterocycles. The molecule has 0 N–H and O–H groups in total. The molecule has 2 rings (SSSR count). The van der Waals surface area contributed by atoms with Crippen molar-refractivity contribution in [2.24, 2.45) is 0 Å². The summed E-state index contributed by atoms with van der Waals surface area (Å²) < 4.78 is 5.02. The highest BCUT2D eigenvalue weighted by molar-refractivity contribution is 5.89. The van der Waals surface area contributed by atoms with Gasteiger partial charge in [0.2, 0.25) is 0 Å². The van der Waals surface area contributed by atoms with Crippen LogP contribution in [0.1, 0.15) is 124 Å². The number of carbonyl (C=O) groups excluding carboxylic acids is 1. The van der Waals surface area contributed by atoms with E-state index < -0.39 is 0 Å². The maximum Gasteiger partial charge on any atom is 0.338 e. The maximum absolute atomic E-state index is 11.7. The Balaban J connectivity index is 0.000000311. The van der Waals surface area contributed by atoms with Crippen LogP contribution in [0.15, 0.2) is 36.4 Å². The smallest absolute Gasteiger partial charge is 0.338 e. The van der Waals surface area contributed by atoms with Gasteiger partial charge in [-0.2, -0.15) is 0 Å². The summed E-state index contributed by atoms with van der Waals surface area (Å²) in [5, 5.41) is 0. The molecule has 0 radical (unpaired) electrons. The number of hydrogen-bond acceptors (Lipinski definition) is 2. The molecule has 166 valence electrons. The van der Waals surface area contributed by atoms with Crippen LogP contribution in [0.5, 0.6) is 0 Å². The van der Waals surface area contributed by atoms with E-state index in [9.17, 15) is 4.79 Å². The van der Waals surface area contributed by atoms with Crippen molar-refractivity contribution in [2.75, 3.05) is 6.61 Å². The lowest BCUT2D eigenvalue weighted by Gasteiger charge is -2.16. The number of hydrogen-bond donors (Lipinski definition) is 0. The van der Waals surface area contributed by atoms with Gasteiger partial charge in [-0.15, -0.1) is 0 Å². The summed E-state index contributed by atoms with van der Waals surface area (Å²) in [5.74, 6) is 1.94. The predicted octanol–water partition coefficient (Wildman–Crippen LogP) is 8.35. The predicted molar refractivity (Wildman–Crippen MR) is 130 cm³/mol. The first-order chi connectivity index (χ1) is 14.0. The number of carbonyl (C=O) groups is 1. The zero-order valence-corrected chi connectivity index (χ0v) is 20.8. The number of benzene rings is 2. The van der Waals surface area contributed by atoms with Crippen molar-refractivity contribution in [2.45, 2.75) is 92.9 Å². The Bertz CT molecular complexity index is 813. The van der Waals surface area contributed by atoms with E-state index in [4.69, 9.17) is 4.74 Å². The average molecular weight is 411 g/mol. The standard InChI is InChI=1S/C15H22O2.C13H20/c1-6-17-15(16)12-7-8-13(10(2)3)14(9-12)11(4)5;1-9(2)12-7-6-11(5)8-13(12)10(3)4/h7-11H,6H2,1-5H3;6-10H,1-5H3. The van der Waals surface area contributed by atoms with Crippen LogP contribution >= 0.6 is 0 Å². The number of esters is 1. The van der Waals surface area contributed by atoms with Crippen molar-refractivity contribution >= 4 is 5.97 Å². The summed E-state index contributed by atoms with van der Waals surface area (Å²) in [7, 11) is 0. The highest BCUT2D eigenvalue weighted by Crippen LogP contribution is 2.28. The largest absolute Gasteiger partial charge is 0.462 e. The van der Waals surface area contributed by atoms with E-state index in [1.165, 1.54) is 27.8 Å². The monoisotopic (exact) mass is 410 g/mol. The summed E-state index contributed by atoms with van der Waals surface area (Å²) in [6, 6.07) is 12.7. The van der Waals surface area contributed by atoms with Gasteiger partial charge in [0, 0.05) is 0 Å². The highest BCUT2D eigenvalue weighted by atomic mass is 16.5. The molecule has 30 heavy (non-hydrogen) atoms. The molecule has 2 heteroatoms. The molecule has 0 aliphatic carbocycles. The molecule has 0 aliphatic rings. The van der Waals surface area contributed by atoms with Gasteiger partial charge < -0.3 is 4.74 Å². The second-order valence-corrected chi connectivity index (χ2v) is 9.32. The van der Waals surface area contributed by atoms with Gasteiger partial charge in [0.05, 0.1) is 12.2 Å². The van der Waals surface area contributed by atoms with E-state index in [0.29, 0.717) is 35.8 Å². The van der Waals surface area contributed by atoms with Crippen molar-refractivity contribution < 1.29 is 9.53 Å². The van der Waals surface area contributed by atoms with Crippen LogP contribution in [-0.2, 0) is 4.74 Å². The van der Waals surface area contributed by atoms with E-state index in [0.717, 1.165) is 0 Å². The van der Waals surface area contributed by atoms with Crippen LogP contribution in [-0.4, -0.2) is 12.6 Å². The molecule has 0 bridgehead atoms. The van der Waals surface area contributed by atoms with E-state index in [-0.39, 0.29) is 5.97 Å². The Morgan fingerprint density at radius 2 is 1.13 bits per heavy atom. The fourth-order valence-corrected chi connectivity index (χ4v) is 3.66. The molecule has 0 saturated carbocycles. The first-order valence-corrected chi connectivity index (χ1v) is 11.4. The molecule has 0 spiro atoms. The second-order valence-electron chi connectivity index (χ2n) is 9.32. The zero-order valence-electron chi connectivity index (χ0n) is 20.8. The third-order valence-corrected chi connectivity index (χ3v) is 5.33. The molecule has 0 aliphatic heterocycles. The molecular formula is C28H42O2. The summed E-state index contributed by atoms with van der Waals surface area (Å²) in [5.41, 5.74) is 7.59. The summed E-state index contributed by atoms with van der Waals surface area (Å²) in [4.78, 5) is 11.7. The van der Waals surface area contributed by atoms with E-state index in [1.807, 2.05) is 25.1 Å². The van der Waals surface area contributed by atoms with Crippen LogP contribution in [0.4, 0.5) is 0 Å². The van der Waals surface area contributed by atoms with E-state index in [2.05, 4.69) is 80.5 Å². The third kappa shape index (κ3) is 7.31. The van der Waals surface area contributed by atoms with Gasteiger partial charge in [-0.05, 0) is 71.9 Å². The molecule has 2 aromatic rings. The van der Waals surface area contributed by atoms with Crippen LogP contribution in [0.2, 0.25) is 0 Å². The van der Waals surface area contributed by atoms with Crippen LogP contribution in [0.3, 0.4) is 0 Å². The minimum Gasteiger partial charge on any atom is -0.462 e. The molecule has 0 saturated heterocycles. The second kappa shape index (κ2) is 11.9. The zero-order chi connectivity index (χ0) is 23.0. The molecule has 2 aromatic carbocycles. The third-order valence-electron chi connectivity index (χ3n) is 5.33. The summed E-state index contributed by atoms with van der Waals surface area (Å²) >= 11 is 0. The Morgan fingerprint density at radius 3 is 1.57 bits per heavy atom. The number of ether oxygens (including phenoxy) is 1. The lowest BCUT2D eigenvalue weighted by atomic mass is 9.89. The fourth-order valence-electron chi connectivity index (χ4n) is 3.66. The van der Waals surface area contributed by atoms with Crippen molar-refractivity contribution in [1.29, 1.82) is 0 Å². The minimum atomic E-state index is -0.232. The quantitative estimate of drug-likeness (QED) is 0.447. The van der Waals surface area contributed by atoms with Gasteiger partial charge >= 0.3 is 5.97 Å². The minimum absolute atomic E-state index is 0.232. The van der Waals surface area contributed by atoms with Crippen LogP contribution in [0.25, 0.3) is 0 Å². The summed E-state index contributed by atoms with van der Waals surface area (Å²) in [6.45, 7) is 22.1. The van der Waals surface area contributed by atoms with Gasteiger partial charge in [-0.3, -0.25) is 0 Å². The van der Waals surface area contributed by atoms with Crippen molar-refractivity contribution in [3.63, 3.8) is 0 Å². The topological polar surface area (TPSA) is 26.3 Å². The van der Waals surface area contributed by atoms with Gasteiger partial charge in [-0.25, -0.2) is 4.79 Å². The number of aryl methyl sites for hydroxylation is 1. The lowest BCUT2D eigenvalue weighted by Crippen LogP contribution is -2.07. The normalized spacial score (nSPS) is 11.1. The van der Waals surface area contributed by atoms with Crippen LogP contribution in [0, 0.1) is 6.92 Å². The van der Waals surface area contributed by atoms with E-state index in [1.54, 1.807) is 0 Å². The SMILES string of the molecule is CCOC(=O)c1ccc(C(C)C)c(C(C)C)c1.Cc1ccc(C(C)C)c(C(C)C)c1. The Morgan fingerprint density at radius 1 is 0.700 bits per heavy atom. The van der Waals surface area contributed by atoms with Gasteiger partial charge in [0.1, 0.15) is 0 Å². The Hall–Kier alpha value is -2.09. The van der Waals surface area contributed by atoms with E-state index >= 15 is 0 Å². The van der Waals surface area contributed by atoms with Crippen LogP contribution < -0.4 is 0 Å². The fraction of sp³-hybridized carbons (Fsp3) is 0.536. The molecular weight excluding hydrogens is 368 g/mol. The maximum atomic E-state index is 11.7. The molecule has 0 atom stereocenters. The van der Waals surface area contributed by atoms with Gasteiger partial charge in [0.25, 0.3) is 0 Å². The molecule has 0 fully saturated rings. The Labute approximate surface area is 185 Å². The van der Waals surface area contributed by atoms with Gasteiger partial charge in [0.15, 0.2) is 0 Å². The van der Waals surface area contributed by atoms with Crippen molar-refractivity contribution in [3.05, 3.63) is 69.8 Å². The van der Waals surface area contributed by atoms with Crippen molar-refractivity contribution in [1.82, 2.24) is 0 Å². The number of rotatable bonds is 6. The first kappa shape index (κ1) is 25.9. The molecule has 0 aromatic heterocycles. The van der Waals surface area contributed by atoms with Gasteiger partial charge in [-0.1, -0.05) is 85.2 Å². The summed E-state index contributed by atoms with van der Waals surface area (Å²) in [6.07, 6.45) is 0. The molecule has 2 nitrogen and oxygen atoms in total. The average Bonchev–Trinajstić information content (AvgIpc) is 2.67. The molecule has 0 amide bonds. The Kier molecular flexibility index (Phi) is 10.3. The lowest BCUT2D eigenvalue weighted by molar-refractivity contribution is 0.0526.